The van der Waals surface area contributed by atoms with Crippen molar-refractivity contribution in [3.8, 4) is 0 Å². The first kappa shape index (κ1) is 20.3. The standard InChI is InChI=1S/C21H24F2N4O3/c1-13-18(20(28)26-8-2-3-9-26)25-19(30-13)14-6-10-27(11-7-14)21(29)24-17-12-15(22)4-5-16(17)23/h4-5,12,14H,2-3,6-11H2,1H3,(H,24,29). The summed E-state index contributed by atoms with van der Waals surface area (Å²) in [5, 5.41) is 2.42. The van der Waals surface area contributed by atoms with Crippen molar-refractivity contribution in [2.45, 2.75) is 38.5 Å². The van der Waals surface area contributed by atoms with Crippen LogP contribution in [-0.2, 0) is 0 Å². The van der Waals surface area contributed by atoms with E-state index in [1.165, 1.54) is 0 Å². The fourth-order valence-corrected chi connectivity index (χ4v) is 3.98. The number of amides is 3. The summed E-state index contributed by atoms with van der Waals surface area (Å²) in [6.07, 6.45) is 3.23. The summed E-state index contributed by atoms with van der Waals surface area (Å²) in [6.45, 7) is 4.09. The summed E-state index contributed by atoms with van der Waals surface area (Å²) in [5.41, 5.74) is 0.184. The Labute approximate surface area is 173 Å². The van der Waals surface area contributed by atoms with Gasteiger partial charge in [-0.3, -0.25) is 4.79 Å². The van der Waals surface area contributed by atoms with Crippen LogP contribution in [0, 0.1) is 18.6 Å². The number of urea groups is 1. The number of rotatable bonds is 3. The van der Waals surface area contributed by atoms with E-state index in [1.807, 2.05) is 0 Å². The van der Waals surface area contributed by atoms with Gasteiger partial charge in [0.15, 0.2) is 11.6 Å². The third kappa shape index (κ3) is 4.15. The van der Waals surface area contributed by atoms with E-state index < -0.39 is 17.7 Å². The van der Waals surface area contributed by atoms with E-state index in [9.17, 15) is 18.4 Å². The van der Waals surface area contributed by atoms with E-state index in [0.717, 1.165) is 44.1 Å². The molecule has 2 fully saturated rings. The lowest BCUT2D eigenvalue weighted by Crippen LogP contribution is -2.40. The Balaban J connectivity index is 1.36. The molecule has 2 aliphatic heterocycles. The molecule has 1 aromatic heterocycles. The lowest BCUT2D eigenvalue weighted by Gasteiger charge is -2.30. The van der Waals surface area contributed by atoms with E-state index in [-0.39, 0.29) is 17.5 Å². The molecule has 4 rings (SSSR count). The van der Waals surface area contributed by atoms with Gasteiger partial charge in [-0.25, -0.2) is 18.6 Å². The molecule has 3 heterocycles. The number of halogens is 2. The Hall–Kier alpha value is -2.97. The van der Waals surface area contributed by atoms with Gasteiger partial charge in [-0.2, -0.15) is 0 Å². The van der Waals surface area contributed by atoms with Gasteiger partial charge in [0.25, 0.3) is 5.91 Å². The van der Waals surface area contributed by atoms with Crippen LogP contribution in [0.1, 0.15) is 53.7 Å². The van der Waals surface area contributed by atoms with Crippen molar-refractivity contribution in [2.75, 3.05) is 31.5 Å². The minimum absolute atomic E-state index is 0.00113. The third-order valence-corrected chi connectivity index (χ3v) is 5.71. The average Bonchev–Trinajstić information content (AvgIpc) is 3.40. The zero-order valence-corrected chi connectivity index (χ0v) is 16.8. The summed E-state index contributed by atoms with van der Waals surface area (Å²) in [4.78, 5) is 32.8. The predicted octanol–water partition coefficient (Wildman–Crippen LogP) is 3.91. The van der Waals surface area contributed by atoms with E-state index in [2.05, 4.69) is 10.3 Å². The highest BCUT2D eigenvalue weighted by atomic mass is 19.1. The first-order valence-corrected chi connectivity index (χ1v) is 10.2. The van der Waals surface area contributed by atoms with Crippen molar-refractivity contribution in [1.82, 2.24) is 14.8 Å². The highest BCUT2D eigenvalue weighted by Crippen LogP contribution is 2.30. The Bertz CT molecular complexity index is 948. The molecule has 3 amide bonds. The average molecular weight is 418 g/mol. The first-order valence-electron chi connectivity index (χ1n) is 10.2. The van der Waals surface area contributed by atoms with Crippen molar-refractivity contribution in [3.05, 3.63) is 47.2 Å². The fourth-order valence-electron chi connectivity index (χ4n) is 3.98. The lowest BCUT2D eigenvalue weighted by molar-refractivity contribution is 0.0786. The molecule has 1 N–H and O–H groups in total. The number of benzene rings is 1. The molecule has 1 aromatic carbocycles. The highest BCUT2D eigenvalue weighted by molar-refractivity contribution is 5.93. The number of anilines is 1. The van der Waals surface area contributed by atoms with Crippen molar-refractivity contribution < 1.29 is 22.8 Å². The SMILES string of the molecule is Cc1oc(C2CCN(C(=O)Nc3cc(F)ccc3F)CC2)nc1C(=O)N1CCCC1. The van der Waals surface area contributed by atoms with E-state index >= 15 is 0 Å². The topological polar surface area (TPSA) is 78.7 Å². The van der Waals surface area contributed by atoms with Crippen LogP contribution in [0.4, 0.5) is 19.3 Å². The first-order chi connectivity index (χ1) is 14.4. The van der Waals surface area contributed by atoms with Gasteiger partial charge in [-0.1, -0.05) is 0 Å². The molecular weight excluding hydrogens is 394 g/mol. The predicted molar refractivity (Wildman–Crippen MR) is 105 cm³/mol. The Kier molecular flexibility index (Phi) is 5.69. The van der Waals surface area contributed by atoms with Crippen LogP contribution in [0.15, 0.2) is 22.6 Å². The molecule has 0 unspecified atom stereocenters. The van der Waals surface area contributed by atoms with Crippen LogP contribution in [-0.4, -0.2) is 52.9 Å². The van der Waals surface area contributed by atoms with Gasteiger partial charge >= 0.3 is 6.03 Å². The van der Waals surface area contributed by atoms with Gasteiger partial charge in [0.1, 0.15) is 17.4 Å². The van der Waals surface area contributed by atoms with Crippen molar-refractivity contribution in [2.24, 2.45) is 0 Å². The number of piperidine rings is 1. The van der Waals surface area contributed by atoms with Gasteiger partial charge in [0, 0.05) is 38.2 Å². The van der Waals surface area contributed by atoms with Gasteiger partial charge in [-0.05, 0) is 44.7 Å². The fraction of sp³-hybridized carbons (Fsp3) is 0.476. The quantitative estimate of drug-likeness (QED) is 0.820. The monoisotopic (exact) mass is 418 g/mol. The minimum Gasteiger partial charge on any atom is -0.445 e. The van der Waals surface area contributed by atoms with Gasteiger partial charge < -0.3 is 19.5 Å². The molecule has 0 bridgehead atoms. The maximum absolute atomic E-state index is 13.7. The van der Waals surface area contributed by atoms with Crippen LogP contribution in [0.3, 0.4) is 0 Å². The molecule has 2 aromatic rings. The molecule has 0 radical (unpaired) electrons. The third-order valence-electron chi connectivity index (χ3n) is 5.71. The van der Waals surface area contributed by atoms with Crippen LogP contribution in [0.2, 0.25) is 0 Å². The zero-order valence-electron chi connectivity index (χ0n) is 16.8. The molecular formula is C21H24F2N4O3. The molecule has 7 nitrogen and oxygen atoms in total. The van der Waals surface area contributed by atoms with E-state index in [0.29, 0.717) is 43.3 Å². The van der Waals surface area contributed by atoms with E-state index in [4.69, 9.17) is 4.42 Å². The van der Waals surface area contributed by atoms with Gasteiger partial charge in [-0.15, -0.1) is 0 Å². The number of nitrogens with one attached hydrogen (secondary N) is 1. The number of carbonyl (C=O) groups is 2. The number of aromatic nitrogens is 1. The molecule has 0 saturated carbocycles. The Morgan fingerprint density at radius 2 is 1.80 bits per heavy atom. The molecule has 0 spiro atoms. The van der Waals surface area contributed by atoms with Crippen LogP contribution >= 0.6 is 0 Å². The molecule has 0 aliphatic carbocycles. The molecule has 160 valence electrons. The van der Waals surface area contributed by atoms with Crippen LogP contribution < -0.4 is 5.32 Å². The largest absolute Gasteiger partial charge is 0.445 e. The van der Waals surface area contributed by atoms with E-state index in [1.54, 1.807) is 16.7 Å². The number of aryl methyl sites for hydroxylation is 1. The zero-order chi connectivity index (χ0) is 21.3. The second-order valence-corrected chi connectivity index (χ2v) is 7.77. The summed E-state index contributed by atoms with van der Waals surface area (Å²) in [5.74, 6) is -0.364. The second kappa shape index (κ2) is 8.41. The number of hydrogen-bond acceptors (Lipinski definition) is 4. The molecule has 2 aliphatic rings. The van der Waals surface area contributed by atoms with Crippen molar-refractivity contribution in [3.63, 3.8) is 0 Å². The van der Waals surface area contributed by atoms with Crippen molar-refractivity contribution >= 4 is 17.6 Å². The lowest BCUT2D eigenvalue weighted by atomic mass is 9.97. The number of hydrogen-bond donors (Lipinski definition) is 1. The smallest absolute Gasteiger partial charge is 0.321 e. The van der Waals surface area contributed by atoms with Crippen molar-refractivity contribution in [1.29, 1.82) is 0 Å². The minimum atomic E-state index is -0.690. The number of likely N-dealkylation sites (tertiary alicyclic amines) is 2. The summed E-state index contributed by atoms with van der Waals surface area (Å²) in [7, 11) is 0. The maximum atomic E-state index is 13.7. The highest BCUT2D eigenvalue weighted by Gasteiger charge is 2.30. The molecule has 9 heteroatoms. The van der Waals surface area contributed by atoms with Gasteiger partial charge in [0.05, 0.1) is 5.69 Å². The number of nitrogens with zero attached hydrogens (tertiary/aromatic N) is 3. The summed E-state index contributed by atoms with van der Waals surface area (Å²) in [6, 6.07) is 2.45. The van der Waals surface area contributed by atoms with Crippen LogP contribution in [0.5, 0.6) is 0 Å². The summed E-state index contributed by atoms with van der Waals surface area (Å²) < 4.78 is 32.8. The Morgan fingerprint density at radius 3 is 2.50 bits per heavy atom. The molecule has 30 heavy (non-hydrogen) atoms. The molecule has 2 saturated heterocycles. The maximum Gasteiger partial charge on any atom is 0.321 e. The number of oxazole rings is 1. The number of carbonyl (C=O) groups excluding carboxylic acids is 2. The normalized spacial score (nSPS) is 17.4. The van der Waals surface area contributed by atoms with Gasteiger partial charge in [0.2, 0.25) is 0 Å². The molecule has 0 atom stereocenters. The summed E-state index contributed by atoms with van der Waals surface area (Å²) >= 11 is 0. The Morgan fingerprint density at radius 1 is 1.10 bits per heavy atom. The van der Waals surface area contributed by atoms with Crippen LogP contribution in [0.25, 0.3) is 0 Å². The second-order valence-electron chi connectivity index (χ2n) is 7.77.